The van der Waals surface area contributed by atoms with Crippen molar-refractivity contribution in [3.05, 3.63) is 29.3 Å². The highest BCUT2D eigenvalue weighted by molar-refractivity contribution is 9.09. The van der Waals surface area contributed by atoms with Crippen molar-refractivity contribution in [2.75, 3.05) is 11.1 Å². The van der Waals surface area contributed by atoms with E-state index < -0.39 is 9.84 Å². The Bertz CT molecular complexity index is 671. The molecule has 2 aliphatic rings. The van der Waals surface area contributed by atoms with Gasteiger partial charge in [0.15, 0.2) is 9.84 Å². The molecule has 1 N–H and O–H groups in total. The Morgan fingerprint density at radius 1 is 1.24 bits per heavy atom. The third kappa shape index (κ3) is 3.01. The van der Waals surface area contributed by atoms with E-state index in [1.807, 2.05) is 18.2 Å². The molecule has 114 valence electrons. The molecule has 6 heteroatoms. The lowest BCUT2D eigenvalue weighted by molar-refractivity contribution is -0.116. The van der Waals surface area contributed by atoms with E-state index in [0.717, 1.165) is 29.7 Å². The van der Waals surface area contributed by atoms with Gasteiger partial charge in [0.2, 0.25) is 5.91 Å². The highest BCUT2D eigenvalue weighted by atomic mass is 79.9. The van der Waals surface area contributed by atoms with Crippen molar-refractivity contribution in [3.63, 3.8) is 0 Å². The Hall–Kier alpha value is -0.880. The SMILES string of the molecule is O=C1CCc2cc(C(Br)C3CCCCS3(=O)=O)ccc2N1. The zero-order chi connectivity index (χ0) is 15.0. The van der Waals surface area contributed by atoms with Crippen LogP contribution < -0.4 is 5.32 Å². The average molecular weight is 372 g/mol. The molecule has 0 spiro atoms. The van der Waals surface area contributed by atoms with E-state index in [-0.39, 0.29) is 16.0 Å². The van der Waals surface area contributed by atoms with Gasteiger partial charge in [-0.1, -0.05) is 34.5 Å². The first-order valence-corrected chi connectivity index (χ1v) is 9.89. The number of anilines is 1. The monoisotopic (exact) mass is 371 g/mol. The minimum atomic E-state index is -3.02. The van der Waals surface area contributed by atoms with Crippen molar-refractivity contribution in [2.24, 2.45) is 0 Å². The molecule has 1 aromatic carbocycles. The molecule has 2 unspecified atom stereocenters. The second-order valence-corrected chi connectivity index (χ2v) is 9.09. The predicted molar refractivity (Wildman–Crippen MR) is 86.5 cm³/mol. The Morgan fingerprint density at radius 3 is 2.81 bits per heavy atom. The minimum absolute atomic E-state index is 0.0421. The number of hydrogen-bond acceptors (Lipinski definition) is 3. The third-order valence-electron chi connectivity index (χ3n) is 4.30. The lowest BCUT2D eigenvalue weighted by Gasteiger charge is -2.27. The summed E-state index contributed by atoms with van der Waals surface area (Å²) in [5.41, 5.74) is 2.92. The number of benzene rings is 1. The van der Waals surface area contributed by atoms with Gasteiger partial charge in [0.05, 0.1) is 15.8 Å². The second kappa shape index (κ2) is 5.72. The standard InChI is InChI=1S/C15H18BrNO3S/c16-15(13-3-1-2-8-21(13,19)20)11-4-6-12-10(9-11)5-7-14(18)17-12/h4,6,9,13,15H,1-3,5,7-8H2,(H,17,18). The molecular weight excluding hydrogens is 354 g/mol. The van der Waals surface area contributed by atoms with Crippen molar-refractivity contribution in [2.45, 2.75) is 42.2 Å². The highest BCUT2D eigenvalue weighted by Crippen LogP contribution is 2.38. The van der Waals surface area contributed by atoms with E-state index in [2.05, 4.69) is 21.2 Å². The molecule has 3 rings (SSSR count). The fourth-order valence-corrected chi connectivity index (χ4v) is 6.59. The summed E-state index contributed by atoms with van der Waals surface area (Å²) >= 11 is 3.60. The number of alkyl halides is 1. The maximum atomic E-state index is 12.2. The first-order valence-electron chi connectivity index (χ1n) is 7.26. The molecule has 2 heterocycles. The first-order chi connectivity index (χ1) is 9.97. The number of aryl methyl sites for hydroxylation is 1. The lowest BCUT2D eigenvalue weighted by atomic mass is 9.97. The molecule has 2 atom stereocenters. The zero-order valence-electron chi connectivity index (χ0n) is 11.6. The van der Waals surface area contributed by atoms with Gasteiger partial charge in [0, 0.05) is 12.1 Å². The molecule has 0 radical (unpaired) electrons. The topological polar surface area (TPSA) is 63.2 Å². The average Bonchev–Trinajstić information content (AvgIpc) is 2.45. The first kappa shape index (κ1) is 15.0. The Balaban J connectivity index is 1.88. The summed E-state index contributed by atoms with van der Waals surface area (Å²) in [5, 5.41) is 2.50. The van der Waals surface area contributed by atoms with Crippen LogP contribution in [0.3, 0.4) is 0 Å². The van der Waals surface area contributed by atoms with E-state index in [1.54, 1.807) is 0 Å². The van der Waals surface area contributed by atoms with Crippen LogP contribution >= 0.6 is 15.9 Å². The smallest absolute Gasteiger partial charge is 0.224 e. The number of hydrogen-bond donors (Lipinski definition) is 1. The Morgan fingerprint density at radius 2 is 2.05 bits per heavy atom. The van der Waals surface area contributed by atoms with Crippen LogP contribution in [0.2, 0.25) is 0 Å². The van der Waals surface area contributed by atoms with Gasteiger partial charge in [-0.3, -0.25) is 4.79 Å². The van der Waals surface area contributed by atoms with Crippen LogP contribution in [0.25, 0.3) is 0 Å². The molecule has 1 amide bonds. The van der Waals surface area contributed by atoms with E-state index in [0.29, 0.717) is 25.0 Å². The van der Waals surface area contributed by atoms with Crippen molar-refractivity contribution in [1.82, 2.24) is 0 Å². The fraction of sp³-hybridized carbons (Fsp3) is 0.533. The zero-order valence-corrected chi connectivity index (χ0v) is 14.0. The molecule has 0 aliphatic carbocycles. The van der Waals surface area contributed by atoms with Crippen molar-refractivity contribution in [3.8, 4) is 0 Å². The van der Waals surface area contributed by atoms with Gasteiger partial charge in [0.1, 0.15) is 0 Å². The summed E-state index contributed by atoms with van der Waals surface area (Å²) in [4.78, 5) is 11.2. The number of sulfone groups is 1. The summed E-state index contributed by atoms with van der Waals surface area (Å²) in [6.07, 6.45) is 3.66. The number of amides is 1. The van der Waals surface area contributed by atoms with Crippen molar-refractivity contribution >= 4 is 37.4 Å². The fourth-order valence-electron chi connectivity index (χ4n) is 3.10. The summed E-state index contributed by atoms with van der Waals surface area (Å²) < 4.78 is 24.5. The van der Waals surface area contributed by atoms with E-state index in [4.69, 9.17) is 0 Å². The van der Waals surface area contributed by atoms with Crippen LogP contribution in [0.4, 0.5) is 5.69 Å². The number of carbonyl (C=O) groups excluding carboxylic acids is 1. The van der Waals surface area contributed by atoms with Gasteiger partial charge in [-0.2, -0.15) is 0 Å². The van der Waals surface area contributed by atoms with Gasteiger partial charge in [-0.05, 0) is 36.5 Å². The summed E-state index contributed by atoms with van der Waals surface area (Å²) in [7, 11) is -3.02. The predicted octanol–water partition coefficient (Wildman–Crippen LogP) is 2.97. The molecule has 21 heavy (non-hydrogen) atoms. The Labute approximate surface area is 133 Å². The normalized spacial score (nSPS) is 25.8. The van der Waals surface area contributed by atoms with Gasteiger partial charge >= 0.3 is 0 Å². The molecule has 0 aromatic heterocycles. The molecule has 4 nitrogen and oxygen atoms in total. The van der Waals surface area contributed by atoms with Crippen molar-refractivity contribution in [1.29, 1.82) is 0 Å². The lowest BCUT2D eigenvalue weighted by Crippen LogP contribution is -2.31. The number of rotatable bonds is 2. The molecular formula is C15H18BrNO3S. The Kier molecular flexibility index (Phi) is 4.10. The van der Waals surface area contributed by atoms with Gasteiger partial charge in [-0.25, -0.2) is 8.42 Å². The molecule has 1 saturated heterocycles. The summed E-state index contributed by atoms with van der Waals surface area (Å²) in [6, 6.07) is 5.82. The molecule has 1 aromatic rings. The summed E-state index contributed by atoms with van der Waals surface area (Å²) in [6.45, 7) is 0. The summed E-state index contributed by atoms with van der Waals surface area (Å²) in [5.74, 6) is 0.335. The highest BCUT2D eigenvalue weighted by Gasteiger charge is 2.35. The molecule has 0 bridgehead atoms. The van der Waals surface area contributed by atoms with Crippen LogP contribution in [-0.2, 0) is 21.1 Å². The van der Waals surface area contributed by atoms with E-state index in [9.17, 15) is 13.2 Å². The van der Waals surface area contributed by atoms with Crippen LogP contribution in [0.15, 0.2) is 18.2 Å². The minimum Gasteiger partial charge on any atom is -0.326 e. The maximum Gasteiger partial charge on any atom is 0.224 e. The maximum absolute atomic E-state index is 12.2. The van der Waals surface area contributed by atoms with E-state index in [1.165, 1.54) is 0 Å². The van der Waals surface area contributed by atoms with Gasteiger partial charge in [-0.15, -0.1) is 0 Å². The molecule has 1 fully saturated rings. The molecule has 0 saturated carbocycles. The number of carbonyl (C=O) groups is 1. The molecule has 2 aliphatic heterocycles. The quantitative estimate of drug-likeness (QED) is 0.812. The van der Waals surface area contributed by atoms with Crippen LogP contribution in [-0.4, -0.2) is 25.3 Å². The largest absolute Gasteiger partial charge is 0.326 e. The van der Waals surface area contributed by atoms with Gasteiger partial charge < -0.3 is 5.32 Å². The second-order valence-electron chi connectivity index (χ2n) is 5.77. The van der Waals surface area contributed by atoms with Gasteiger partial charge in [0.25, 0.3) is 0 Å². The number of halogens is 1. The van der Waals surface area contributed by atoms with Crippen LogP contribution in [0, 0.1) is 0 Å². The van der Waals surface area contributed by atoms with Crippen LogP contribution in [0.1, 0.15) is 41.6 Å². The third-order valence-corrected chi connectivity index (χ3v) is 8.10. The van der Waals surface area contributed by atoms with Crippen LogP contribution in [0.5, 0.6) is 0 Å². The van der Waals surface area contributed by atoms with Crippen molar-refractivity contribution < 1.29 is 13.2 Å². The van der Waals surface area contributed by atoms with E-state index >= 15 is 0 Å². The number of fused-ring (bicyclic) bond motifs is 1. The number of nitrogens with one attached hydrogen (secondary N) is 1.